The topological polar surface area (TPSA) is 78.0 Å². The number of nitrogens with one attached hydrogen (secondary N) is 2. The lowest BCUT2D eigenvalue weighted by atomic mass is 10.1. The summed E-state index contributed by atoms with van der Waals surface area (Å²) in [4.78, 5) is 8.94. The van der Waals surface area contributed by atoms with Crippen LogP contribution in [0.25, 0.3) is 0 Å². The van der Waals surface area contributed by atoms with Crippen LogP contribution in [0.4, 0.5) is 0 Å². The maximum atomic E-state index is 5.97. The summed E-state index contributed by atoms with van der Waals surface area (Å²) in [6, 6.07) is 0. The minimum Gasteiger partial charge on any atom is -0.290 e. The predicted molar refractivity (Wildman–Crippen MR) is 66.6 cm³/mol. The molecule has 0 aromatic carbocycles. The molecule has 1 heterocycles. The molecule has 0 spiro atoms. The Labute approximate surface area is 96.9 Å². The van der Waals surface area contributed by atoms with Gasteiger partial charge in [0.15, 0.2) is 0 Å². The van der Waals surface area contributed by atoms with Crippen molar-refractivity contribution in [2.45, 2.75) is 33.9 Å². The van der Waals surface area contributed by atoms with Gasteiger partial charge in [-0.05, 0) is 5.92 Å². The zero-order chi connectivity index (χ0) is 12.3. The lowest BCUT2D eigenvalue weighted by Gasteiger charge is -2.33. The molecule has 4 N–H and O–H groups in total. The van der Waals surface area contributed by atoms with Crippen LogP contribution in [0.2, 0.25) is 0 Å². The molecule has 6 heteroatoms. The molecule has 0 bridgehead atoms. The van der Waals surface area contributed by atoms with Crippen molar-refractivity contribution in [1.29, 1.82) is 0 Å². The second-order valence-corrected chi connectivity index (χ2v) is 4.52. The molecular weight excluding hydrogens is 204 g/mol. The van der Waals surface area contributed by atoms with Crippen LogP contribution < -0.4 is 16.7 Å². The van der Waals surface area contributed by atoms with Gasteiger partial charge in [0.05, 0.1) is 0 Å². The third-order valence-corrected chi connectivity index (χ3v) is 2.36. The molecule has 0 amide bonds. The van der Waals surface area contributed by atoms with Gasteiger partial charge in [-0.2, -0.15) is 4.99 Å². The molecule has 0 aromatic rings. The molecule has 92 valence electrons. The van der Waals surface area contributed by atoms with Crippen molar-refractivity contribution >= 4 is 11.8 Å². The van der Waals surface area contributed by atoms with E-state index in [0.717, 1.165) is 5.84 Å². The number of nitrogens with two attached hydrogens (primary N) is 1. The molecule has 1 rings (SSSR count). The monoisotopic (exact) mass is 226 g/mol. The summed E-state index contributed by atoms with van der Waals surface area (Å²) in [6.07, 6.45) is -0.0641. The molecule has 0 aromatic heterocycles. The van der Waals surface area contributed by atoms with Gasteiger partial charge < -0.3 is 0 Å². The molecule has 6 nitrogen and oxygen atoms in total. The Kier molecular flexibility index (Phi) is 4.26. The van der Waals surface area contributed by atoms with E-state index in [2.05, 4.69) is 48.5 Å². The Bertz CT molecular complexity index is 294. The van der Waals surface area contributed by atoms with Gasteiger partial charge in [-0.15, -0.1) is 0 Å². The lowest BCUT2D eigenvalue weighted by molar-refractivity contribution is 0.246. The number of hydrogen-bond donors (Lipinski definition) is 3. The van der Waals surface area contributed by atoms with Crippen LogP contribution in [0.1, 0.15) is 27.7 Å². The Morgan fingerprint density at radius 1 is 1.31 bits per heavy atom. The maximum absolute atomic E-state index is 5.97. The average molecular weight is 226 g/mol. The van der Waals surface area contributed by atoms with Gasteiger partial charge in [-0.3, -0.25) is 10.4 Å². The van der Waals surface area contributed by atoms with Crippen LogP contribution in [0.5, 0.6) is 0 Å². The molecule has 0 radical (unpaired) electrons. The van der Waals surface area contributed by atoms with E-state index in [1.807, 2.05) is 0 Å². The number of amidine groups is 1. The van der Waals surface area contributed by atoms with E-state index in [-0.39, 0.29) is 6.17 Å². The summed E-state index contributed by atoms with van der Waals surface area (Å²) in [5, 5.41) is 1.56. The van der Waals surface area contributed by atoms with E-state index in [4.69, 9.17) is 5.84 Å². The van der Waals surface area contributed by atoms with E-state index in [1.165, 1.54) is 0 Å². The SMILES string of the molecule is CNNC1=NC(C(C)C)=NC(C(C)C)N1N. The van der Waals surface area contributed by atoms with Crippen molar-refractivity contribution in [3.8, 4) is 0 Å². The number of aliphatic imine (C=N–C) groups is 2. The van der Waals surface area contributed by atoms with Crippen LogP contribution in [0, 0.1) is 11.8 Å². The molecule has 1 aliphatic rings. The maximum Gasteiger partial charge on any atom is 0.231 e. The highest BCUT2D eigenvalue weighted by Crippen LogP contribution is 2.16. The first kappa shape index (κ1) is 12.9. The smallest absolute Gasteiger partial charge is 0.231 e. The van der Waals surface area contributed by atoms with Crippen molar-refractivity contribution in [1.82, 2.24) is 15.9 Å². The van der Waals surface area contributed by atoms with Gasteiger partial charge in [-0.25, -0.2) is 16.3 Å². The van der Waals surface area contributed by atoms with Crippen molar-refractivity contribution < 1.29 is 0 Å². The summed E-state index contributed by atoms with van der Waals surface area (Å²) in [6.45, 7) is 8.33. The molecule has 1 aliphatic heterocycles. The first-order chi connectivity index (χ1) is 7.47. The zero-order valence-electron chi connectivity index (χ0n) is 10.7. The first-order valence-corrected chi connectivity index (χ1v) is 5.60. The average Bonchev–Trinajstić information content (AvgIpc) is 2.20. The summed E-state index contributed by atoms with van der Waals surface area (Å²) in [7, 11) is 1.78. The van der Waals surface area contributed by atoms with E-state index in [1.54, 1.807) is 12.1 Å². The molecule has 0 fully saturated rings. The van der Waals surface area contributed by atoms with Crippen LogP contribution in [0.3, 0.4) is 0 Å². The van der Waals surface area contributed by atoms with Crippen molar-refractivity contribution in [3.63, 3.8) is 0 Å². The number of rotatable bonds is 3. The number of nitrogens with zero attached hydrogens (tertiary/aromatic N) is 3. The van der Waals surface area contributed by atoms with Gasteiger partial charge in [0, 0.05) is 13.0 Å². The van der Waals surface area contributed by atoms with Gasteiger partial charge >= 0.3 is 0 Å². The number of hydrazine groups is 2. The van der Waals surface area contributed by atoms with Gasteiger partial charge in [0.25, 0.3) is 0 Å². The summed E-state index contributed by atoms with van der Waals surface area (Å²) >= 11 is 0. The summed E-state index contributed by atoms with van der Waals surface area (Å²) in [5.41, 5.74) is 5.75. The Balaban J connectivity index is 2.97. The normalized spacial score (nSPS) is 21.2. The fraction of sp³-hybridized carbons (Fsp3) is 0.800. The number of guanidine groups is 1. The fourth-order valence-corrected chi connectivity index (χ4v) is 1.47. The van der Waals surface area contributed by atoms with E-state index in [9.17, 15) is 0 Å². The van der Waals surface area contributed by atoms with E-state index < -0.39 is 0 Å². The number of hydrogen-bond acceptors (Lipinski definition) is 6. The largest absolute Gasteiger partial charge is 0.290 e. The van der Waals surface area contributed by atoms with E-state index >= 15 is 0 Å². The molecule has 0 saturated carbocycles. The first-order valence-electron chi connectivity index (χ1n) is 5.60. The highest BCUT2D eigenvalue weighted by molar-refractivity contribution is 5.98. The van der Waals surface area contributed by atoms with Crippen molar-refractivity contribution in [2.24, 2.45) is 27.7 Å². The van der Waals surface area contributed by atoms with Crippen LogP contribution >= 0.6 is 0 Å². The lowest BCUT2D eigenvalue weighted by Crippen LogP contribution is -2.57. The van der Waals surface area contributed by atoms with Gasteiger partial charge in [-0.1, -0.05) is 27.7 Å². The van der Waals surface area contributed by atoms with Crippen LogP contribution in [0.15, 0.2) is 9.98 Å². The van der Waals surface area contributed by atoms with Crippen LogP contribution in [-0.4, -0.2) is 30.0 Å². The third-order valence-electron chi connectivity index (χ3n) is 2.36. The Hall–Kier alpha value is -1.14. The highest BCUT2D eigenvalue weighted by Gasteiger charge is 2.27. The van der Waals surface area contributed by atoms with Crippen LogP contribution in [-0.2, 0) is 0 Å². The molecule has 0 aliphatic carbocycles. The quantitative estimate of drug-likeness (QED) is 0.477. The molecule has 16 heavy (non-hydrogen) atoms. The molecule has 0 saturated heterocycles. The molecular formula is C10H22N6. The minimum absolute atomic E-state index is 0.0641. The second-order valence-electron chi connectivity index (χ2n) is 4.52. The van der Waals surface area contributed by atoms with E-state index in [0.29, 0.717) is 17.8 Å². The zero-order valence-corrected chi connectivity index (χ0v) is 10.7. The Morgan fingerprint density at radius 3 is 2.38 bits per heavy atom. The fourth-order valence-electron chi connectivity index (χ4n) is 1.47. The summed E-state index contributed by atoms with van der Waals surface area (Å²) in [5.74, 6) is 8.04. The minimum atomic E-state index is -0.0641. The summed E-state index contributed by atoms with van der Waals surface area (Å²) < 4.78 is 0. The predicted octanol–water partition coefficient (Wildman–Crippen LogP) is 0.292. The molecule has 1 unspecified atom stereocenters. The van der Waals surface area contributed by atoms with Crippen molar-refractivity contribution in [2.75, 3.05) is 7.05 Å². The van der Waals surface area contributed by atoms with Gasteiger partial charge in [0.2, 0.25) is 5.96 Å². The highest BCUT2D eigenvalue weighted by atomic mass is 15.6. The van der Waals surface area contributed by atoms with Crippen molar-refractivity contribution in [3.05, 3.63) is 0 Å². The Morgan fingerprint density at radius 2 is 1.94 bits per heavy atom. The third kappa shape index (κ3) is 2.70. The standard InChI is InChI=1S/C10H22N6/c1-6(2)8-13-9(7(3)4)16(11)10(14-8)15-12-5/h6-7,9,12H,11H2,1-5H3,(H,13,14,15). The second kappa shape index (κ2) is 5.27. The van der Waals surface area contributed by atoms with Gasteiger partial charge in [0.1, 0.15) is 12.0 Å². The molecule has 1 atom stereocenters.